The van der Waals surface area contributed by atoms with Crippen molar-refractivity contribution in [3.63, 3.8) is 0 Å². The fourth-order valence-corrected chi connectivity index (χ4v) is 3.01. The molecular formula is C21H25N3O3. The fourth-order valence-electron chi connectivity index (χ4n) is 3.01. The van der Waals surface area contributed by atoms with Crippen LogP contribution in [0.5, 0.6) is 5.75 Å². The maximum atomic E-state index is 12.5. The second-order valence-corrected chi connectivity index (χ2v) is 7.06. The predicted molar refractivity (Wildman–Crippen MR) is 107 cm³/mol. The van der Waals surface area contributed by atoms with E-state index in [0.29, 0.717) is 23.5 Å². The molecule has 1 aliphatic heterocycles. The summed E-state index contributed by atoms with van der Waals surface area (Å²) in [7, 11) is 3.94. The van der Waals surface area contributed by atoms with Gasteiger partial charge >= 0.3 is 0 Å². The van der Waals surface area contributed by atoms with Gasteiger partial charge in [0.25, 0.3) is 11.8 Å². The Bertz CT molecular complexity index is 864. The molecule has 2 aromatic carbocycles. The molecule has 0 radical (unpaired) electrons. The number of likely N-dealkylation sites (N-methyl/N-ethyl adjacent to an activating group) is 1. The first-order valence-electron chi connectivity index (χ1n) is 9.00. The first-order valence-corrected chi connectivity index (χ1v) is 9.00. The average Bonchev–Trinajstić information content (AvgIpc) is 2.62. The number of aryl methyl sites for hydroxylation is 1. The van der Waals surface area contributed by atoms with Gasteiger partial charge in [0.15, 0.2) is 6.10 Å². The van der Waals surface area contributed by atoms with E-state index >= 15 is 0 Å². The molecule has 1 N–H and O–H groups in total. The van der Waals surface area contributed by atoms with E-state index in [1.54, 1.807) is 30.0 Å². The molecule has 142 valence electrons. The van der Waals surface area contributed by atoms with Crippen LogP contribution >= 0.6 is 0 Å². The van der Waals surface area contributed by atoms with Gasteiger partial charge in [-0.05, 0) is 52.2 Å². The minimum absolute atomic E-state index is 0.0547. The summed E-state index contributed by atoms with van der Waals surface area (Å²) in [6.45, 7) is 5.03. The fraction of sp³-hybridized carbons (Fsp3) is 0.333. The van der Waals surface area contributed by atoms with Crippen LogP contribution in [0, 0.1) is 6.92 Å². The van der Waals surface area contributed by atoms with Crippen LogP contribution in [0.25, 0.3) is 0 Å². The largest absolute Gasteiger partial charge is 0.479 e. The van der Waals surface area contributed by atoms with E-state index in [4.69, 9.17) is 4.74 Å². The zero-order chi connectivity index (χ0) is 19.6. The lowest BCUT2D eigenvalue weighted by Crippen LogP contribution is -2.46. The quantitative estimate of drug-likeness (QED) is 0.883. The maximum Gasteiger partial charge on any atom is 0.267 e. The standard InChI is InChI=1S/C21H25N3O3/c1-14-6-5-7-16(12-14)20(25)22-17-8-9-18-19(13-17)27-15(2)21(26)24(18)11-10-23(3)4/h5-9,12-13,15H,10-11H2,1-4H3,(H,22,25). The third-order valence-corrected chi connectivity index (χ3v) is 4.48. The molecule has 0 aromatic heterocycles. The van der Waals surface area contributed by atoms with Gasteiger partial charge in [0.2, 0.25) is 0 Å². The molecule has 1 aliphatic rings. The minimum Gasteiger partial charge on any atom is -0.479 e. The summed E-state index contributed by atoms with van der Waals surface area (Å²) in [4.78, 5) is 28.7. The van der Waals surface area contributed by atoms with Crippen molar-refractivity contribution in [3.8, 4) is 5.75 Å². The van der Waals surface area contributed by atoms with Crippen LogP contribution in [-0.4, -0.2) is 50.0 Å². The number of ether oxygens (including phenoxy) is 1. The first kappa shape index (κ1) is 18.9. The summed E-state index contributed by atoms with van der Waals surface area (Å²) in [5.74, 6) is 0.367. The normalized spacial score (nSPS) is 16.1. The van der Waals surface area contributed by atoms with E-state index in [-0.39, 0.29) is 11.8 Å². The topological polar surface area (TPSA) is 61.9 Å². The molecule has 3 rings (SSSR count). The van der Waals surface area contributed by atoms with Gasteiger partial charge in [0.1, 0.15) is 5.75 Å². The lowest BCUT2D eigenvalue weighted by molar-refractivity contribution is -0.125. The van der Waals surface area contributed by atoms with Crippen molar-refractivity contribution >= 4 is 23.2 Å². The monoisotopic (exact) mass is 367 g/mol. The number of rotatable bonds is 5. The predicted octanol–water partition coefficient (Wildman–Crippen LogP) is 2.92. The zero-order valence-electron chi connectivity index (χ0n) is 16.2. The van der Waals surface area contributed by atoms with Crippen LogP contribution in [0.3, 0.4) is 0 Å². The van der Waals surface area contributed by atoms with Crippen molar-refractivity contribution in [2.75, 3.05) is 37.4 Å². The lowest BCUT2D eigenvalue weighted by atomic mass is 10.1. The summed E-state index contributed by atoms with van der Waals surface area (Å²) in [6.07, 6.45) is -0.553. The van der Waals surface area contributed by atoms with Gasteiger partial charge in [0, 0.05) is 30.4 Å². The number of benzene rings is 2. The molecule has 2 amide bonds. The van der Waals surface area contributed by atoms with Gasteiger partial charge in [-0.2, -0.15) is 0 Å². The smallest absolute Gasteiger partial charge is 0.267 e. The van der Waals surface area contributed by atoms with Gasteiger partial charge in [0.05, 0.1) is 5.69 Å². The number of fused-ring (bicyclic) bond motifs is 1. The average molecular weight is 367 g/mol. The van der Waals surface area contributed by atoms with E-state index in [1.807, 2.05) is 50.2 Å². The summed E-state index contributed by atoms with van der Waals surface area (Å²) in [6, 6.07) is 12.8. The number of anilines is 2. The number of hydrogen-bond donors (Lipinski definition) is 1. The van der Waals surface area contributed by atoms with Crippen molar-refractivity contribution in [3.05, 3.63) is 53.6 Å². The number of nitrogens with one attached hydrogen (secondary N) is 1. The molecule has 1 atom stereocenters. The van der Waals surface area contributed by atoms with Crippen LogP contribution in [0.1, 0.15) is 22.8 Å². The molecule has 0 bridgehead atoms. The van der Waals surface area contributed by atoms with Crippen LogP contribution < -0.4 is 15.0 Å². The summed E-state index contributed by atoms with van der Waals surface area (Å²) >= 11 is 0. The Labute approximate surface area is 159 Å². The van der Waals surface area contributed by atoms with E-state index in [1.165, 1.54) is 0 Å². The Morgan fingerprint density at radius 3 is 2.70 bits per heavy atom. The van der Waals surface area contributed by atoms with Gasteiger partial charge in [-0.1, -0.05) is 17.7 Å². The highest BCUT2D eigenvalue weighted by Crippen LogP contribution is 2.36. The molecule has 0 fully saturated rings. The van der Waals surface area contributed by atoms with Crippen molar-refractivity contribution in [2.24, 2.45) is 0 Å². The van der Waals surface area contributed by atoms with Crippen molar-refractivity contribution in [1.29, 1.82) is 0 Å². The minimum atomic E-state index is -0.553. The summed E-state index contributed by atoms with van der Waals surface area (Å²) < 4.78 is 5.77. The van der Waals surface area contributed by atoms with E-state index in [2.05, 4.69) is 5.32 Å². The van der Waals surface area contributed by atoms with Crippen LogP contribution in [0.4, 0.5) is 11.4 Å². The van der Waals surface area contributed by atoms with Crippen molar-refractivity contribution in [2.45, 2.75) is 20.0 Å². The molecule has 0 aliphatic carbocycles. The van der Waals surface area contributed by atoms with Crippen molar-refractivity contribution < 1.29 is 14.3 Å². The highest BCUT2D eigenvalue weighted by molar-refractivity contribution is 6.05. The van der Waals surface area contributed by atoms with Gasteiger partial charge in [-0.15, -0.1) is 0 Å². The molecule has 27 heavy (non-hydrogen) atoms. The maximum absolute atomic E-state index is 12.5. The summed E-state index contributed by atoms with van der Waals surface area (Å²) in [5, 5.41) is 2.90. The first-order chi connectivity index (χ1) is 12.8. The van der Waals surface area contributed by atoms with Gasteiger partial charge in [-0.25, -0.2) is 0 Å². The molecular weight excluding hydrogens is 342 g/mol. The number of carbonyl (C=O) groups is 2. The SMILES string of the molecule is Cc1cccc(C(=O)Nc2ccc3c(c2)OC(C)C(=O)N3CCN(C)C)c1. The third-order valence-electron chi connectivity index (χ3n) is 4.48. The highest BCUT2D eigenvalue weighted by atomic mass is 16.5. The Hall–Kier alpha value is -2.86. The second-order valence-electron chi connectivity index (χ2n) is 7.06. The van der Waals surface area contributed by atoms with E-state index in [9.17, 15) is 9.59 Å². The molecule has 6 heteroatoms. The molecule has 0 spiro atoms. The van der Waals surface area contributed by atoms with Gasteiger partial charge < -0.3 is 19.9 Å². The number of carbonyl (C=O) groups excluding carboxylic acids is 2. The number of amides is 2. The molecule has 0 saturated carbocycles. The van der Waals surface area contributed by atoms with Crippen LogP contribution in [0.2, 0.25) is 0 Å². The molecule has 1 heterocycles. The number of hydrogen-bond acceptors (Lipinski definition) is 4. The Morgan fingerprint density at radius 2 is 2.00 bits per heavy atom. The van der Waals surface area contributed by atoms with Gasteiger partial charge in [-0.3, -0.25) is 9.59 Å². The third kappa shape index (κ3) is 4.28. The Kier molecular flexibility index (Phi) is 5.46. The Morgan fingerprint density at radius 1 is 1.22 bits per heavy atom. The number of nitrogens with zero attached hydrogens (tertiary/aromatic N) is 2. The van der Waals surface area contributed by atoms with E-state index < -0.39 is 6.10 Å². The summed E-state index contributed by atoms with van der Waals surface area (Å²) in [5.41, 5.74) is 2.99. The van der Waals surface area contributed by atoms with Crippen molar-refractivity contribution in [1.82, 2.24) is 4.90 Å². The lowest BCUT2D eigenvalue weighted by Gasteiger charge is -2.34. The molecule has 0 saturated heterocycles. The molecule has 2 aromatic rings. The van der Waals surface area contributed by atoms with E-state index in [0.717, 1.165) is 17.8 Å². The molecule has 1 unspecified atom stereocenters. The molecule has 6 nitrogen and oxygen atoms in total. The highest BCUT2D eigenvalue weighted by Gasteiger charge is 2.31. The van der Waals surface area contributed by atoms with Crippen LogP contribution in [-0.2, 0) is 4.79 Å². The second kappa shape index (κ2) is 7.80. The Balaban J connectivity index is 1.82. The zero-order valence-corrected chi connectivity index (χ0v) is 16.2. The van der Waals surface area contributed by atoms with Crippen LogP contribution in [0.15, 0.2) is 42.5 Å².